The van der Waals surface area contributed by atoms with Gasteiger partial charge in [0.1, 0.15) is 18.2 Å². The van der Waals surface area contributed by atoms with Crippen LogP contribution in [-0.2, 0) is 9.53 Å². The zero-order valence-corrected chi connectivity index (χ0v) is 18.2. The van der Waals surface area contributed by atoms with Crippen LogP contribution in [-0.4, -0.2) is 45.8 Å². The molecule has 0 bridgehead atoms. The predicted octanol–water partition coefficient (Wildman–Crippen LogP) is 2.93. The largest absolute Gasteiger partial charge is 0.503 e. The second kappa shape index (κ2) is 9.39. The van der Waals surface area contributed by atoms with Crippen LogP contribution in [0.1, 0.15) is 42.9 Å². The minimum Gasteiger partial charge on any atom is -0.503 e. The smallest absolute Gasteiger partial charge is 0.328 e. The molecule has 0 fully saturated rings. The van der Waals surface area contributed by atoms with Gasteiger partial charge in [-0.05, 0) is 26.8 Å². The Bertz CT molecular complexity index is 1200. The van der Waals surface area contributed by atoms with E-state index < -0.39 is 29.8 Å². The molecule has 2 unspecified atom stereocenters. The molecule has 0 saturated carbocycles. The topological polar surface area (TPSA) is 126 Å². The number of ether oxygens (including phenoxy) is 2. The number of fused-ring (bicyclic) bond motifs is 1. The predicted molar refractivity (Wildman–Crippen MR) is 116 cm³/mol. The molecule has 9 heteroatoms. The fraction of sp³-hybridized carbons (Fsp3) is 0.304. The lowest BCUT2D eigenvalue weighted by molar-refractivity contribution is -0.151. The van der Waals surface area contributed by atoms with Crippen molar-refractivity contribution in [2.75, 3.05) is 7.11 Å². The monoisotopic (exact) mass is 436 g/mol. The summed E-state index contributed by atoms with van der Waals surface area (Å²) in [4.78, 5) is 28.9. The average molecular weight is 436 g/mol. The van der Waals surface area contributed by atoms with E-state index in [-0.39, 0.29) is 17.5 Å². The Balaban J connectivity index is 1.69. The summed E-state index contributed by atoms with van der Waals surface area (Å²) in [7, 11) is 1.35. The summed E-state index contributed by atoms with van der Waals surface area (Å²) >= 11 is 0. The van der Waals surface area contributed by atoms with Gasteiger partial charge in [-0.1, -0.05) is 18.2 Å². The van der Waals surface area contributed by atoms with E-state index in [1.165, 1.54) is 26.3 Å². The molecule has 1 aromatic carbocycles. The van der Waals surface area contributed by atoms with Crippen LogP contribution >= 0.6 is 0 Å². The van der Waals surface area contributed by atoms with E-state index in [0.29, 0.717) is 5.56 Å². The van der Waals surface area contributed by atoms with Gasteiger partial charge in [0, 0.05) is 29.4 Å². The van der Waals surface area contributed by atoms with Crippen molar-refractivity contribution < 1.29 is 24.2 Å². The Morgan fingerprint density at radius 1 is 1.22 bits per heavy atom. The van der Waals surface area contributed by atoms with E-state index >= 15 is 0 Å². The van der Waals surface area contributed by atoms with Crippen molar-refractivity contribution in [3.05, 3.63) is 54.0 Å². The summed E-state index contributed by atoms with van der Waals surface area (Å²) in [6.07, 6.45) is 2.51. The lowest BCUT2D eigenvalue weighted by atomic mass is 10.2. The van der Waals surface area contributed by atoms with Gasteiger partial charge in [-0.15, -0.1) is 0 Å². The van der Waals surface area contributed by atoms with Crippen molar-refractivity contribution in [1.29, 1.82) is 5.26 Å². The van der Waals surface area contributed by atoms with Crippen LogP contribution in [0, 0.1) is 11.3 Å². The Labute approximate surface area is 185 Å². The number of carbonyl (C=O) groups excluding carboxylic acids is 2. The van der Waals surface area contributed by atoms with E-state index in [1.807, 2.05) is 35.8 Å². The number of nitriles is 1. The maximum absolute atomic E-state index is 12.6. The lowest BCUT2D eigenvalue weighted by Crippen LogP contribution is -2.41. The minimum atomic E-state index is -0.986. The van der Waals surface area contributed by atoms with Crippen molar-refractivity contribution in [2.45, 2.75) is 39.0 Å². The number of aromatic hydroxyl groups is 1. The number of rotatable bonds is 7. The number of amides is 1. The molecule has 2 N–H and O–H groups in total. The molecule has 0 radical (unpaired) electrons. The van der Waals surface area contributed by atoms with Gasteiger partial charge in [0.15, 0.2) is 17.2 Å². The normalized spacial score (nSPS) is 13.6. The van der Waals surface area contributed by atoms with Gasteiger partial charge in [0.25, 0.3) is 5.91 Å². The summed E-state index contributed by atoms with van der Waals surface area (Å²) in [6, 6.07) is 9.85. The van der Waals surface area contributed by atoms with Crippen LogP contribution in [0.2, 0.25) is 0 Å². The van der Waals surface area contributed by atoms with Gasteiger partial charge in [-0.2, -0.15) is 5.26 Å². The molecule has 0 spiro atoms. The molecule has 9 nitrogen and oxygen atoms in total. The molecular formula is C23H24N4O5. The highest BCUT2D eigenvalue weighted by molar-refractivity contribution is 5.97. The van der Waals surface area contributed by atoms with Gasteiger partial charge in [0.05, 0.1) is 18.7 Å². The molecule has 2 aromatic heterocycles. The van der Waals surface area contributed by atoms with E-state index in [2.05, 4.69) is 16.4 Å². The molecule has 0 aliphatic rings. The van der Waals surface area contributed by atoms with Crippen molar-refractivity contribution in [1.82, 2.24) is 14.9 Å². The van der Waals surface area contributed by atoms with Crippen LogP contribution in [0.4, 0.5) is 0 Å². The summed E-state index contributed by atoms with van der Waals surface area (Å²) in [6.45, 7) is 5.11. The molecule has 1 amide bonds. The van der Waals surface area contributed by atoms with E-state index in [0.717, 1.165) is 10.9 Å². The molecule has 3 atom stereocenters. The number of hydrogen-bond donors (Lipinski definition) is 2. The first-order valence-electron chi connectivity index (χ1n) is 10.0. The van der Waals surface area contributed by atoms with Gasteiger partial charge < -0.3 is 24.5 Å². The summed E-state index contributed by atoms with van der Waals surface area (Å²) in [5.41, 5.74) is 1.14. The maximum atomic E-state index is 12.6. The zero-order valence-electron chi connectivity index (χ0n) is 18.2. The number of carbonyl (C=O) groups is 2. The molecule has 3 aromatic rings. The van der Waals surface area contributed by atoms with Gasteiger partial charge in [-0.25, -0.2) is 9.78 Å². The number of nitrogens with zero attached hydrogens (tertiary/aromatic N) is 3. The molecule has 0 saturated heterocycles. The first-order chi connectivity index (χ1) is 15.3. The average Bonchev–Trinajstić information content (AvgIpc) is 3.17. The third-order valence-electron chi connectivity index (χ3n) is 5.30. The molecule has 0 aliphatic heterocycles. The molecule has 2 heterocycles. The van der Waals surface area contributed by atoms with E-state index in [9.17, 15) is 20.0 Å². The van der Waals surface area contributed by atoms with E-state index in [4.69, 9.17) is 9.47 Å². The van der Waals surface area contributed by atoms with Crippen LogP contribution < -0.4 is 10.1 Å². The Hall–Kier alpha value is -4.06. The fourth-order valence-corrected chi connectivity index (χ4v) is 3.33. The summed E-state index contributed by atoms with van der Waals surface area (Å²) < 4.78 is 12.4. The van der Waals surface area contributed by atoms with Crippen LogP contribution in [0.25, 0.3) is 10.9 Å². The Kier molecular flexibility index (Phi) is 6.64. The van der Waals surface area contributed by atoms with Crippen LogP contribution in [0.3, 0.4) is 0 Å². The Morgan fingerprint density at radius 3 is 2.62 bits per heavy atom. The quantitative estimate of drug-likeness (QED) is 0.545. The highest BCUT2D eigenvalue weighted by atomic mass is 16.5. The third kappa shape index (κ3) is 4.34. The molecule has 166 valence electrons. The number of para-hydroxylation sites is 1. The van der Waals surface area contributed by atoms with Gasteiger partial charge >= 0.3 is 5.97 Å². The van der Waals surface area contributed by atoms with Crippen LogP contribution in [0.15, 0.2) is 42.7 Å². The van der Waals surface area contributed by atoms with Gasteiger partial charge in [0.2, 0.25) is 0 Å². The molecule has 32 heavy (non-hydrogen) atoms. The van der Waals surface area contributed by atoms with Crippen LogP contribution in [0.5, 0.6) is 11.5 Å². The van der Waals surface area contributed by atoms with Crippen molar-refractivity contribution in [3.8, 4) is 17.6 Å². The Morgan fingerprint density at radius 2 is 1.94 bits per heavy atom. The number of methoxy groups -OCH3 is 1. The number of esters is 1. The van der Waals surface area contributed by atoms with Gasteiger partial charge in [-0.3, -0.25) is 4.79 Å². The first-order valence-corrected chi connectivity index (χ1v) is 10.0. The second-order valence-corrected chi connectivity index (χ2v) is 7.37. The number of benzene rings is 1. The molecular weight excluding hydrogens is 412 g/mol. The molecule has 3 rings (SSSR count). The SMILES string of the molecule is COc1ccnc(C(=O)N[C@@H](C)C(=O)OC(C)C(C)n2cc(C#N)c3ccccc32)c1O. The third-order valence-corrected chi connectivity index (χ3v) is 5.30. The van der Waals surface area contributed by atoms with Crippen molar-refractivity contribution in [2.24, 2.45) is 0 Å². The number of pyridine rings is 1. The van der Waals surface area contributed by atoms with Crippen molar-refractivity contribution in [3.63, 3.8) is 0 Å². The zero-order chi connectivity index (χ0) is 23.4. The highest BCUT2D eigenvalue weighted by Crippen LogP contribution is 2.28. The maximum Gasteiger partial charge on any atom is 0.328 e. The number of nitrogens with one attached hydrogen (secondary N) is 1. The van der Waals surface area contributed by atoms with E-state index in [1.54, 1.807) is 13.1 Å². The minimum absolute atomic E-state index is 0.0958. The highest BCUT2D eigenvalue weighted by Gasteiger charge is 2.26. The number of aromatic nitrogens is 2. The summed E-state index contributed by atoms with van der Waals surface area (Å²) in [5.74, 6) is -1.69. The first kappa shape index (κ1) is 22.6. The van der Waals surface area contributed by atoms with Crippen molar-refractivity contribution >= 4 is 22.8 Å². The standard InChI is InChI=1S/C23H24N4O5/c1-13(26-22(29)20-21(28)19(31-4)9-10-25-20)23(30)32-15(3)14(2)27-12-16(11-24)17-7-5-6-8-18(17)27/h5-10,12-15,28H,1-4H3,(H,26,29)/t13-,14?,15?/m0/s1. The lowest BCUT2D eigenvalue weighted by Gasteiger charge is -2.24. The summed E-state index contributed by atoms with van der Waals surface area (Å²) in [5, 5.41) is 22.8. The number of hydrogen-bond acceptors (Lipinski definition) is 7. The fourth-order valence-electron chi connectivity index (χ4n) is 3.33. The second-order valence-electron chi connectivity index (χ2n) is 7.37. The molecule has 0 aliphatic carbocycles.